The summed E-state index contributed by atoms with van der Waals surface area (Å²) in [6.07, 6.45) is -4.79. The molecule has 0 radical (unpaired) electrons. The van der Waals surface area contributed by atoms with Gasteiger partial charge in [-0.05, 0) is 30.3 Å². The summed E-state index contributed by atoms with van der Waals surface area (Å²) in [6, 6.07) is 15.7. The Kier molecular flexibility index (Phi) is 6.40. The highest BCUT2D eigenvalue weighted by Crippen LogP contribution is 2.34. The summed E-state index contributed by atoms with van der Waals surface area (Å²) in [7, 11) is 0. The first-order valence-electron chi connectivity index (χ1n) is 11.3. The predicted octanol–water partition coefficient (Wildman–Crippen LogP) is 3.75. The number of hydrogen-bond donors (Lipinski definition) is 1. The van der Waals surface area contributed by atoms with Crippen LogP contribution in [0.1, 0.15) is 21.7 Å². The smallest absolute Gasteiger partial charge is 0.328 e. The Bertz CT molecular complexity index is 1400. The van der Waals surface area contributed by atoms with Crippen LogP contribution in [0.5, 0.6) is 0 Å². The Morgan fingerprint density at radius 3 is 2.33 bits per heavy atom. The fraction of sp³-hybridized carbons (Fsp3) is 0.240. The number of amides is 1. The topological polar surface area (TPSA) is 54.9 Å². The lowest BCUT2D eigenvalue weighted by Crippen LogP contribution is -3.13. The van der Waals surface area contributed by atoms with Gasteiger partial charge in [-0.15, -0.1) is 0 Å². The number of nitrogens with one attached hydrogen (secondary N) is 1. The number of fused-ring (bicyclic) bond motifs is 1. The molecule has 36 heavy (non-hydrogen) atoms. The molecule has 1 N–H and O–H groups in total. The SMILES string of the molecule is O=C(c1nn2c(C(F)(F)F)cc(-c3ccc(F)cc3)nc2c1Cl)N1CC[NH+](Cc2ccccc2)CC1. The van der Waals surface area contributed by atoms with Gasteiger partial charge < -0.3 is 9.80 Å². The van der Waals surface area contributed by atoms with Gasteiger partial charge in [-0.25, -0.2) is 13.9 Å². The van der Waals surface area contributed by atoms with E-state index in [9.17, 15) is 22.4 Å². The van der Waals surface area contributed by atoms with E-state index in [4.69, 9.17) is 11.6 Å². The van der Waals surface area contributed by atoms with Crippen LogP contribution < -0.4 is 4.90 Å². The lowest BCUT2D eigenvalue weighted by Gasteiger charge is -2.31. The summed E-state index contributed by atoms with van der Waals surface area (Å²) < 4.78 is 55.6. The lowest BCUT2D eigenvalue weighted by atomic mass is 10.1. The van der Waals surface area contributed by atoms with Gasteiger partial charge in [0.25, 0.3) is 5.91 Å². The maximum atomic E-state index is 13.9. The van der Waals surface area contributed by atoms with Crippen molar-refractivity contribution in [1.29, 1.82) is 0 Å². The zero-order valence-corrected chi connectivity index (χ0v) is 19.7. The summed E-state index contributed by atoms with van der Waals surface area (Å²) in [4.78, 5) is 20.3. The second kappa shape index (κ2) is 9.51. The Morgan fingerprint density at radius 2 is 1.69 bits per heavy atom. The third kappa shape index (κ3) is 4.78. The van der Waals surface area contributed by atoms with Crippen molar-refractivity contribution in [3.05, 3.63) is 88.5 Å². The first-order valence-corrected chi connectivity index (χ1v) is 11.7. The number of carbonyl (C=O) groups is 1. The molecule has 0 atom stereocenters. The molecule has 2 aromatic carbocycles. The Hall–Kier alpha value is -3.50. The van der Waals surface area contributed by atoms with Crippen LogP contribution in [0.3, 0.4) is 0 Å². The number of alkyl halides is 3. The molecule has 4 aromatic rings. The number of carbonyl (C=O) groups excluding carboxylic acids is 1. The van der Waals surface area contributed by atoms with E-state index in [0.717, 1.165) is 24.7 Å². The van der Waals surface area contributed by atoms with Crippen LogP contribution in [-0.2, 0) is 12.7 Å². The zero-order chi connectivity index (χ0) is 25.4. The van der Waals surface area contributed by atoms with Crippen molar-refractivity contribution in [2.24, 2.45) is 0 Å². The molecule has 1 aliphatic heterocycles. The van der Waals surface area contributed by atoms with Crippen molar-refractivity contribution < 1.29 is 27.3 Å². The Balaban J connectivity index is 1.43. The number of nitrogens with zero attached hydrogens (tertiary/aromatic N) is 4. The van der Waals surface area contributed by atoms with Gasteiger partial charge in [0.15, 0.2) is 17.0 Å². The number of hydrogen-bond acceptors (Lipinski definition) is 3. The number of quaternary nitrogens is 1. The van der Waals surface area contributed by atoms with E-state index in [1.807, 2.05) is 30.3 Å². The Labute approximate surface area is 208 Å². The van der Waals surface area contributed by atoms with Gasteiger partial charge in [0.2, 0.25) is 0 Å². The molecule has 0 aliphatic carbocycles. The van der Waals surface area contributed by atoms with E-state index in [2.05, 4.69) is 10.1 Å². The normalized spacial score (nSPS) is 15.0. The van der Waals surface area contributed by atoms with Gasteiger partial charge in [0, 0.05) is 11.1 Å². The predicted molar refractivity (Wildman–Crippen MR) is 125 cm³/mol. The second-order valence-electron chi connectivity index (χ2n) is 8.63. The number of piperazine rings is 1. The minimum Gasteiger partial charge on any atom is -0.328 e. The highest BCUT2D eigenvalue weighted by atomic mass is 35.5. The highest BCUT2D eigenvalue weighted by molar-refractivity contribution is 6.36. The first kappa shape index (κ1) is 24.2. The third-order valence-electron chi connectivity index (χ3n) is 6.22. The van der Waals surface area contributed by atoms with Gasteiger partial charge in [-0.1, -0.05) is 41.9 Å². The van der Waals surface area contributed by atoms with E-state index in [-0.39, 0.29) is 27.6 Å². The third-order valence-corrected chi connectivity index (χ3v) is 6.57. The molecule has 11 heteroatoms. The second-order valence-corrected chi connectivity index (χ2v) is 9.01. The van der Waals surface area contributed by atoms with Gasteiger partial charge in [-0.2, -0.15) is 18.3 Å². The van der Waals surface area contributed by atoms with Crippen molar-refractivity contribution in [1.82, 2.24) is 19.5 Å². The molecule has 1 amide bonds. The lowest BCUT2D eigenvalue weighted by molar-refractivity contribution is -0.917. The summed E-state index contributed by atoms with van der Waals surface area (Å²) >= 11 is 6.39. The molecule has 2 aromatic heterocycles. The van der Waals surface area contributed by atoms with E-state index in [1.165, 1.54) is 22.6 Å². The number of aromatic nitrogens is 3. The molecule has 3 heterocycles. The fourth-order valence-corrected chi connectivity index (χ4v) is 4.58. The molecule has 6 nitrogen and oxygen atoms in total. The first-order chi connectivity index (χ1) is 17.2. The minimum atomic E-state index is -4.79. The van der Waals surface area contributed by atoms with E-state index in [1.54, 1.807) is 4.90 Å². The number of rotatable bonds is 4. The molecule has 5 rings (SSSR count). The summed E-state index contributed by atoms with van der Waals surface area (Å²) in [5, 5.41) is 3.68. The molecule has 1 aliphatic rings. The van der Waals surface area contributed by atoms with Gasteiger partial charge in [0.05, 0.1) is 31.9 Å². The number of benzene rings is 2. The average molecular weight is 519 g/mol. The molecule has 0 spiro atoms. The van der Waals surface area contributed by atoms with Crippen LogP contribution in [0.25, 0.3) is 16.9 Å². The van der Waals surface area contributed by atoms with Crippen molar-refractivity contribution in [2.75, 3.05) is 26.2 Å². The standard InChI is InChI=1S/C25H20ClF4N5O/c26-21-22(24(36)34-12-10-33(11-13-34)15-16-4-2-1-3-5-16)32-35-20(25(28,29)30)14-19(31-23(21)35)17-6-8-18(27)9-7-17/h1-9,14H,10-13,15H2/p+1. The van der Waals surface area contributed by atoms with Crippen LogP contribution in [0.15, 0.2) is 60.7 Å². The maximum Gasteiger partial charge on any atom is 0.433 e. The van der Waals surface area contributed by atoms with Gasteiger partial charge in [0.1, 0.15) is 17.4 Å². The molecule has 0 bridgehead atoms. The quantitative estimate of drug-likeness (QED) is 0.419. The fourth-order valence-electron chi connectivity index (χ4n) is 4.34. The van der Waals surface area contributed by atoms with E-state index in [0.29, 0.717) is 30.7 Å². The van der Waals surface area contributed by atoms with Crippen molar-refractivity contribution >= 4 is 23.2 Å². The van der Waals surface area contributed by atoms with Gasteiger partial charge in [-0.3, -0.25) is 4.79 Å². The summed E-state index contributed by atoms with van der Waals surface area (Å²) in [5.41, 5.74) is -0.302. The van der Waals surface area contributed by atoms with Crippen molar-refractivity contribution in [3.8, 4) is 11.3 Å². The molecule has 1 fully saturated rings. The van der Waals surface area contributed by atoms with Crippen molar-refractivity contribution in [2.45, 2.75) is 12.7 Å². The average Bonchev–Trinajstić information content (AvgIpc) is 3.20. The molecule has 0 unspecified atom stereocenters. The van der Waals surface area contributed by atoms with Gasteiger partial charge >= 0.3 is 6.18 Å². The zero-order valence-electron chi connectivity index (χ0n) is 18.9. The minimum absolute atomic E-state index is 0.0613. The largest absolute Gasteiger partial charge is 0.433 e. The van der Waals surface area contributed by atoms with Crippen LogP contribution in [0.2, 0.25) is 5.02 Å². The number of halogens is 5. The van der Waals surface area contributed by atoms with Crippen molar-refractivity contribution in [3.63, 3.8) is 0 Å². The van der Waals surface area contributed by atoms with E-state index < -0.39 is 23.6 Å². The monoisotopic (exact) mass is 518 g/mol. The molecule has 186 valence electrons. The molecule has 0 saturated carbocycles. The highest BCUT2D eigenvalue weighted by Gasteiger charge is 2.37. The summed E-state index contributed by atoms with van der Waals surface area (Å²) in [5.74, 6) is -1.07. The van der Waals surface area contributed by atoms with Crippen LogP contribution in [0.4, 0.5) is 17.6 Å². The van der Waals surface area contributed by atoms with E-state index >= 15 is 0 Å². The molecular weight excluding hydrogens is 498 g/mol. The van der Waals surface area contributed by atoms with Crippen LogP contribution in [0, 0.1) is 5.82 Å². The maximum absolute atomic E-state index is 13.9. The van der Waals surface area contributed by atoms with Crippen LogP contribution >= 0.6 is 11.6 Å². The summed E-state index contributed by atoms with van der Waals surface area (Å²) in [6.45, 7) is 3.04. The molecule has 1 saturated heterocycles. The Morgan fingerprint density at radius 1 is 1.03 bits per heavy atom. The molecular formula is C25H21ClF4N5O+. The van der Waals surface area contributed by atoms with Crippen LogP contribution in [-0.4, -0.2) is 51.6 Å².